The van der Waals surface area contributed by atoms with Crippen molar-refractivity contribution in [3.63, 3.8) is 0 Å². The number of methoxy groups -OCH3 is 1. The summed E-state index contributed by atoms with van der Waals surface area (Å²) in [5.41, 5.74) is 3.61. The van der Waals surface area contributed by atoms with Crippen molar-refractivity contribution in [2.45, 2.75) is 13.3 Å². The second-order valence-electron chi connectivity index (χ2n) is 10.2. The summed E-state index contributed by atoms with van der Waals surface area (Å²) in [5.74, 6) is 0.465. The highest BCUT2D eigenvalue weighted by Crippen LogP contribution is 2.31. The number of benzene rings is 4. The molecule has 2 amide bonds. The number of hydrogen-bond donors (Lipinski definition) is 2. The van der Waals surface area contributed by atoms with Crippen LogP contribution in [-0.4, -0.2) is 64.9 Å². The number of hydrogen-bond acceptors (Lipinski definition) is 6. The maximum atomic E-state index is 13.5. The van der Waals surface area contributed by atoms with E-state index in [1.807, 2.05) is 79.7 Å². The lowest BCUT2D eigenvalue weighted by Gasteiger charge is -2.38. The fraction of sp³-hybridized carbons (Fsp3) is 0.294. The number of amides is 2. The van der Waals surface area contributed by atoms with Crippen molar-refractivity contribution in [3.8, 4) is 5.75 Å². The third-order valence-corrected chi connectivity index (χ3v) is 7.53. The van der Waals surface area contributed by atoms with Crippen molar-refractivity contribution in [1.82, 2.24) is 5.32 Å². The van der Waals surface area contributed by atoms with Gasteiger partial charge in [-0.05, 0) is 60.5 Å². The highest BCUT2D eigenvalue weighted by Gasteiger charge is 2.24. The molecule has 0 saturated carbocycles. The second kappa shape index (κ2) is 13.9. The van der Waals surface area contributed by atoms with E-state index < -0.39 is 0 Å². The van der Waals surface area contributed by atoms with Crippen molar-refractivity contribution in [3.05, 3.63) is 96.1 Å². The number of nitrogens with zero attached hydrogens (tertiary/aromatic N) is 2. The number of nitrogens with one attached hydrogen (secondary N) is 2. The molecule has 2 N–H and O–H groups in total. The highest BCUT2D eigenvalue weighted by molar-refractivity contribution is 6.13. The Bertz CT molecular complexity index is 1530. The molecule has 0 unspecified atom stereocenters. The number of ether oxygens (including phenoxy) is 2. The van der Waals surface area contributed by atoms with Crippen molar-refractivity contribution in [2.24, 2.45) is 0 Å². The van der Waals surface area contributed by atoms with Crippen LogP contribution in [0.1, 0.15) is 34.1 Å². The summed E-state index contributed by atoms with van der Waals surface area (Å²) in [5, 5.41) is 7.94. The first-order chi connectivity index (χ1) is 20.6. The average Bonchev–Trinajstić information content (AvgIpc) is 3.04. The van der Waals surface area contributed by atoms with Gasteiger partial charge in [0.2, 0.25) is 0 Å². The number of anilines is 3. The maximum Gasteiger partial charge on any atom is 0.256 e. The van der Waals surface area contributed by atoms with Crippen LogP contribution < -0.4 is 25.2 Å². The van der Waals surface area contributed by atoms with E-state index in [1.54, 1.807) is 13.2 Å². The van der Waals surface area contributed by atoms with E-state index in [0.717, 1.165) is 60.5 Å². The summed E-state index contributed by atoms with van der Waals surface area (Å²) in [6.45, 7) is 6.76. The van der Waals surface area contributed by atoms with Gasteiger partial charge in [0.1, 0.15) is 5.75 Å². The zero-order valence-electron chi connectivity index (χ0n) is 24.3. The second-order valence-corrected chi connectivity index (χ2v) is 10.2. The van der Waals surface area contributed by atoms with Crippen molar-refractivity contribution < 1.29 is 19.1 Å². The molecule has 5 rings (SSSR count). The molecule has 1 aliphatic heterocycles. The Labute approximate surface area is 247 Å². The van der Waals surface area contributed by atoms with E-state index >= 15 is 0 Å². The zero-order valence-corrected chi connectivity index (χ0v) is 24.3. The normalized spacial score (nSPS) is 13.2. The topological polar surface area (TPSA) is 83.1 Å². The van der Waals surface area contributed by atoms with Gasteiger partial charge in [-0.3, -0.25) is 9.59 Å². The van der Waals surface area contributed by atoms with E-state index in [-0.39, 0.29) is 11.8 Å². The molecule has 1 fully saturated rings. The van der Waals surface area contributed by atoms with Crippen LogP contribution in [0.2, 0.25) is 0 Å². The number of carbonyl (C=O) groups excluding carboxylic acids is 2. The molecule has 8 nitrogen and oxygen atoms in total. The monoisotopic (exact) mass is 566 g/mol. The molecule has 1 heterocycles. The summed E-state index contributed by atoms with van der Waals surface area (Å²) >= 11 is 0. The van der Waals surface area contributed by atoms with Crippen LogP contribution in [0, 0.1) is 0 Å². The predicted octanol–water partition coefficient (Wildman–Crippen LogP) is 5.58. The molecule has 8 heteroatoms. The number of para-hydroxylation sites is 2. The summed E-state index contributed by atoms with van der Waals surface area (Å²) in [6.07, 6.45) is 0.726. The first-order valence-corrected chi connectivity index (χ1v) is 14.5. The molecule has 0 aliphatic carbocycles. The van der Waals surface area contributed by atoms with Crippen molar-refractivity contribution in [1.29, 1.82) is 0 Å². The lowest BCUT2D eigenvalue weighted by atomic mass is 10.0. The molecular formula is C34H38N4O4. The average molecular weight is 567 g/mol. The summed E-state index contributed by atoms with van der Waals surface area (Å²) in [6, 6.07) is 27.1. The van der Waals surface area contributed by atoms with Gasteiger partial charge >= 0.3 is 0 Å². The van der Waals surface area contributed by atoms with Gasteiger partial charge in [-0.1, -0.05) is 48.5 Å². The fourth-order valence-electron chi connectivity index (χ4n) is 5.39. The Morgan fingerprint density at radius 3 is 2.29 bits per heavy atom. The molecule has 0 atom stereocenters. The van der Waals surface area contributed by atoms with Gasteiger partial charge in [0.25, 0.3) is 11.8 Å². The first kappa shape index (κ1) is 29.0. The van der Waals surface area contributed by atoms with Gasteiger partial charge in [0.05, 0.1) is 18.4 Å². The van der Waals surface area contributed by atoms with E-state index in [0.29, 0.717) is 36.6 Å². The molecule has 4 aromatic carbocycles. The van der Waals surface area contributed by atoms with Crippen LogP contribution in [0.3, 0.4) is 0 Å². The third kappa shape index (κ3) is 6.66. The van der Waals surface area contributed by atoms with Crippen LogP contribution in [0.25, 0.3) is 10.8 Å². The fourth-order valence-corrected chi connectivity index (χ4v) is 5.39. The quantitative estimate of drug-likeness (QED) is 0.231. The summed E-state index contributed by atoms with van der Waals surface area (Å²) < 4.78 is 11.0. The van der Waals surface area contributed by atoms with Crippen LogP contribution >= 0.6 is 0 Å². The van der Waals surface area contributed by atoms with E-state index in [9.17, 15) is 9.59 Å². The van der Waals surface area contributed by atoms with Crippen LogP contribution in [0.5, 0.6) is 5.75 Å². The molecular weight excluding hydrogens is 528 g/mol. The number of rotatable bonds is 11. The summed E-state index contributed by atoms with van der Waals surface area (Å²) in [4.78, 5) is 31.4. The van der Waals surface area contributed by atoms with Gasteiger partial charge in [-0.2, -0.15) is 0 Å². The van der Waals surface area contributed by atoms with E-state index in [2.05, 4.69) is 26.5 Å². The molecule has 0 aromatic heterocycles. The Balaban J connectivity index is 1.36. The van der Waals surface area contributed by atoms with E-state index in [4.69, 9.17) is 9.47 Å². The van der Waals surface area contributed by atoms with Crippen molar-refractivity contribution >= 4 is 39.6 Å². The molecule has 218 valence electrons. The Hall–Kier alpha value is -4.56. The van der Waals surface area contributed by atoms with Gasteiger partial charge in [0, 0.05) is 62.9 Å². The largest absolute Gasteiger partial charge is 0.495 e. The Morgan fingerprint density at radius 1 is 0.786 bits per heavy atom. The number of carbonyl (C=O) groups is 2. The molecule has 1 saturated heterocycles. The van der Waals surface area contributed by atoms with Crippen LogP contribution in [-0.2, 0) is 4.74 Å². The number of piperazine rings is 1. The highest BCUT2D eigenvalue weighted by atomic mass is 16.5. The van der Waals surface area contributed by atoms with Crippen LogP contribution in [0.4, 0.5) is 17.1 Å². The SMILES string of the molecule is CCOCCCNC(=O)c1cc(NC(=O)c2cccc3ccccc23)ccc1N1CCN(c2ccccc2OC)CC1. The molecule has 0 radical (unpaired) electrons. The zero-order chi connectivity index (χ0) is 29.3. The standard InChI is InChI=1S/C34H38N4O4/c1-3-42-23-9-18-35-33(39)29-24-26(36-34(40)28-13-8-11-25-10-4-5-12-27(25)28)16-17-30(29)37-19-21-38(22-20-37)31-14-6-7-15-32(31)41-2/h4-8,10-17,24H,3,9,18-23H2,1-2H3,(H,35,39)(H,36,40). The van der Waals surface area contributed by atoms with Gasteiger partial charge in [0.15, 0.2) is 0 Å². The smallest absolute Gasteiger partial charge is 0.256 e. The number of fused-ring (bicyclic) bond motifs is 1. The summed E-state index contributed by atoms with van der Waals surface area (Å²) in [7, 11) is 1.69. The lowest BCUT2D eigenvalue weighted by Crippen LogP contribution is -2.47. The van der Waals surface area contributed by atoms with Gasteiger partial charge < -0.3 is 29.9 Å². The van der Waals surface area contributed by atoms with E-state index in [1.165, 1.54) is 0 Å². The predicted molar refractivity (Wildman–Crippen MR) is 169 cm³/mol. The van der Waals surface area contributed by atoms with Gasteiger partial charge in [-0.15, -0.1) is 0 Å². The molecule has 4 aromatic rings. The molecule has 0 spiro atoms. The van der Waals surface area contributed by atoms with Gasteiger partial charge in [-0.25, -0.2) is 0 Å². The Morgan fingerprint density at radius 2 is 1.50 bits per heavy atom. The molecule has 42 heavy (non-hydrogen) atoms. The minimum absolute atomic E-state index is 0.171. The Kier molecular flexibility index (Phi) is 9.56. The first-order valence-electron chi connectivity index (χ1n) is 14.5. The molecule has 0 bridgehead atoms. The minimum Gasteiger partial charge on any atom is -0.495 e. The maximum absolute atomic E-state index is 13.5. The van der Waals surface area contributed by atoms with Crippen LogP contribution in [0.15, 0.2) is 84.9 Å². The van der Waals surface area contributed by atoms with Crippen molar-refractivity contribution in [2.75, 3.05) is 68.2 Å². The lowest BCUT2D eigenvalue weighted by molar-refractivity contribution is 0.0943. The molecule has 1 aliphatic rings. The minimum atomic E-state index is -0.215. The third-order valence-electron chi connectivity index (χ3n) is 7.53.